The second kappa shape index (κ2) is 9.36. The van der Waals surface area contributed by atoms with Crippen LogP contribution in [0, 0.1) is 12.7 Å². The molecule has 168 valence electrons. The number of rotatable bonds is 6. The van der Waals surface area contributed by atoms with Gasteiger partial charge in [-0.25, -0.2) is 9.37 Å². The Morgan fingerprint density at radius 2 is 1.85 bits per heavy atom. The molecule has 4 rings (SSSR count). The number of nitrogens with zero attached hydrogens (tertiary/aromatic N) is 3. The minimum atomic E-state index is -0.330. The first-order valence-corrected chi connectivity index (χ1v) is 11.0. The SMILES string of the molecule is CCOc1cc(C)c(-c2nc3ccccc3c(=O)n2N=Cc2ccc(F)cc2)cc1C(C)C. The number of aryl methyl sites for hydroxylation is 1. The van der Waals surface area contributed by atoms with Crippen molar-refractivity contribution in [2.24, 2.45) is 5.10 Å². The van der Waals surface area contributed by atoms with E-state index in [9.17, 15) is 9.18 Å². The largest absolute Gasteiger partial charge is 0.494 e. The number of hydrogen-bond donors (Lipinski definition) is 0. The Labute approximate surface area is 192 Å². The van der Waals surface area contributed by atoms with E-state index >= 15 is 0 Å². The molecule has 3 aromatic carbocycles. The minimum absolute atomic E-state index is 0.217. The Morgan fingerprint density at radius 3 is 2.55 bits per heavy atom. The molecule has 4 aromatic rings. The smallest absolute Gasteiger partial charge is 0.282 e. The third-order valence-corrected chi connectivity index (χ3v) is 5.47. The topological polar surface area (TPSA) is 56.5 Å². The maximum absolute atomic E-state index is 13.4. The molecule has 0 aliphatic rings. The maximum atomic E-state index is 13.4. The van der Waals surface area contributed by atoms with Crippen LogP contribution in [0.3, 0.4) is 0 Å². The van der Waals surface area contributed by atoms with Gasteiger partial charge < -0.3 is 4.74 Å². The van der Waals surface area contributed by atoms with Gasteiger partial charge in [-0.3, -0.25) is 4.79 Å². The molecule has 0 aliphatic carbocycles. The van der Waals surface area contributed by atoms with Crippen molar-refractivity contribution in [3.8, 4) is 17.1 Å². The molecule has 5 nitrogen and oxygen atoms in total. The molecule has 0 aliphatic heterocycles. The molecule has 0 radical (unpaired) electrons. The third-order valence-electron chi connectivity index (χ3n) is 5.47. The molecule has 0 fully saturated rings. The van der Waals surface area contributed by atoms with Crippen LogP contribution in [0.25, 0.3) is 22.3 Å². The first kappa shape index (κ1) is 22.4. The van der Waals surface area contributed by atoms with Crippen LogP contribution in [-0.4, -0.2) is 22.5 Å². The van der Waals surface area contributed by atoms with E-state index in [-0.39, 0.29) is 17.3 Å². The summed E-state index contributed by atoms with van der Waals surface area (Å²) in [5.74, 6) is 1.16. The zero-order chi connectivity index (χ0) is 23.5. The van der Waals surface area contributed by atoms with Crippen molar-refractivity contribution in [2.45, 2.75) is 33.6 Å². The molecule has 1 heterocycles. The number of hydrogen-bond acceptors (Lipinski definition) is 4. The van der Waals surface area contributed by atoms with E-state index in [4.69, 9.17) is 9.72 Å². The molecule has 0 unspecified atom stereocenters. The average molecular weight is 444 g/mol. The van der Waals surface area contributed by atoms with Crippen LogP contribution in [0.15, 0.2) is 70.6 Å². The monoisotopic (exact) mass is 443 g/mol. The van der Waals surface area contributed by atoms with Crippen molar-refractivity contribution >= 4 is 17.1 Å². The molecule has 33 heavy (non-hydrogen) atoms. The van der Waals surface area contributed by atoms with Gasteiger partial charge in [0.15, 0.2) is 5.82 Å². The summed E-state index contributed by atoms with van der Waals surface area (Å²) in [7, 11) is 0. The summed E-state index contributed by atoms with van der Waals surface area (Å²) < 4.78 is 20.5. The Balaban J connectivity index is 1.97. The zero-order valence-corrected chi connectivity index (χ0v) is 19.2. The van der Waals surface area contributed by atoms with E-state index in [1.54, 1.807) is 24.3 Å². The van der Waals surface area contributed by atoms with Crippen molar-refractivity contribution in [3.63, 3.8) is 0 Å². The first-order valence-electron chi connectivity index (χ1n) is 11.0. The third kappa shape index (κ3) is 4.55. The van der Waals surface area contributed by atoms with Crippen LogP contribution in [0.2, 0.25) is 0 Å². The van der Waals surface area contributed by atoms with Gasteiger partial charge in [0.05, 0.1) is 23.7 Å². The Kier molecular flexibility index (Phi) is 6.36. The van der Waals surface area contributed by atoms with Gasteiger partial charge in [-0.05, 0) is 72.9 Å². The van der Waals surface area contributed by atoms with Crippen LogP contribution in [-0.2, 0) is 0 Å². The second-order valence-corrected chi connectivity index (χ2v) is 8.16. The van der Waals surface area contributed by atoms with Gasteiger partial charge in [0.2, 0.25) is 0 Å². The first-order chi connectivity index (χ1) is 15.9. The van der Waals surface area contributed by atoms with E-state index in [2.05, 4.69) is 18.9 Å². The fraction of sp³-hybridized carbons (Fsp3) is 0.222. The molecule has 0 spiro atoms. The van der Waals surface area contributed by atoms with E-state index in [0.717, 1.165) is 22.4 Å². The standard InChI is InChI=1S/C27H26FN3O2/c1-5-33-25-14-18(4)23(15-22(25)17(2)3)26-30-24-9-7-6-8-21(24)27(32)31(26)29-16-19-10-12-20(28)13-11-19/h6-17H,5H2,1-4H3. The number of fused-ring (bicyclic) bond motifs is 1. The highest BCUT2D eigenvalue weighted by Gasteiger charge is 2.18. The van der Waals surface area contributed by atoms with E-state index < -0.39 is 0 Å². The Morgan fingerprint density at radius 1 is 1.12 bits per heavy atom. The van der Waals surface area contributed by atoms with Gasteiger partial charge in [-0.2, -0.15) is 9.78 Å². The molecule has 1 aromatic heterocycles. The van der Waals surface area contributed by atoms with Crippen LogP contribution in [0.4, 0.5) is 4.39 Å². The molecular weight excluding hydrogens is 417 g/mol. The molecule has 0 saturated carbocycles. The fourth-order valence-corrected chi connectivity index (χ4v) is 3.75. The number of halogens is 1. The highest BCUT2D eigenvalue weighted by atomic mass is 19.1. The fourth-order valence-electron chi connectivity index (χ4n) is 3.75. The predicted octanol–water partition coefficient (Wildman–Crippen LogP) is 5.92. The molecule has 0 saturated heterocycles. The molecule has 0 bridgehead atoms. The normalized spacial score (nSPS) is 11.6. The van der Waals surface area contributed by atoms with Crippen molar-refractivity contribution in [2.75, 3.05) is 6.61 Å². The number of aromatic nitrogens is 2. The van der Waals surface area contributed by atoms with Gasteiger partial charge in [0, 0.05) is 5.56 Å². The molecule has 0 N–H and O–H groups in total. The molecule has 0 atom stereocenters. The van der Waals surface area contributed by atoms with Gasteiger partial charge in [0.1, 0.15) is 11.6 Å². The van der Waals surface area contributed by atoms with E-state index in [0.29, 0.717) is 28.9 Å². The minimum Gasteiger partial charge on any atom is -0.494 e. The van der Waals surface area contributed by atoms with Crippen LogP contribution < -0.4 is 10.3 Å². The highest BCUT2D eigenvalue weighted by molar-refractivity contribution is 5.82. The van der Waals surface area contributed by atoms with Gasteiger partial charge in [-0.1, -0.05) is 38.1 Å². The number of ether oxygens (including phenoxy) is 1. The van der Waals surface area contributed by atoms with Crippen molar-refractivity contribution in [1.82, 2.24) is 9.66 Å². The predicted molar refractivity (Wildman–Crippen MR) is 131 cm³/mol. The van der Waals surface area contributed by atoms with Crippen LogP contribution in [0.1, 0.15) is 43.4 Å². The van der Waals surface area contributed by atoms with Gasteiger partial charge >= 0.3 is 0 Å². The van der Waals surface area contributed by atoms with Crippen LogP contribution >= 0.6 is 0 Å². The molecule has 0 amide bonds. The summed E-state index contributed by atoms with van der Waals surface area (Å²) in [6.45, 7) is 8.70. The summed E-state index contributed by atoms with van der Waals surface area (Å²) >= 11 is 0. The zero-order valence-electron chi connectivity index (χ0n) is 19.2. The molecular formula is C27H26FN3O2. The van der Waals surface area contributed by atoms with Gasteiger partial charge in [-0.15, -0.1) is 0 Å². The lowest BCUT2D eigenvalue weighted by molar-refractivity contribution is 0.335. The highest BCUT2D eigenvalue weighted by Crippen LogP contribution is 2.34. The van der Waals surface area contributed by atoms with E-state index in [1.165, 1.54) is 23.0 Å². The van der Waals surface area contributed by atoms with Crippen molar-refractivity contribution in [3.05, 3.63) is 93.5 Å². The summed E-state index contributed by atoms with van der Waals surface area (Å²) in [5, 5.41) is 4.95. The van der Waals surface area contributed by atoms with Gasteiger partial charge in [0.25, 0.3) is 5.56 Å². The van der Waals surface area contributed by atoms with Crippen LogP contribution in [0.5, 0.6) is 5.75 Å². The summed E-state index contributed by atoms with van der Waals surface area (Å²) in [6, 6.07) is 17.2. The number of benzene rings is 3. The molecule has 6 heteroatoms. The lowest BCUT2D eigenvalue weighted by atomic mass is 9.96. The maximum Gasteiger partial charge on any atom is 0.282 e. The summed E-state index contributed by atoms with van der Waals surface area (Å²) in [5.41, 5.74) is 3.78. The van der Waals surface area contributed by atoms with E-state index in [1.807, 2.05) is 38.1 Å². The lowest BCUT2D eigenvalue weighted by Crippen LogP contribution is -2.20. The number of para-hydroxylation sites is 1. The quantitative estimate of drug-likeness (QED) is 0.348. The Hall–Kier alpha value is -3.80. The second-order valence-electron chi connectivity index (χ2n) is 8.16. The van der Waals surface area contributed by atoms with Crippen molar-refractivity contribution < 1.29 is 9.13 Å². The van der Waals surface area contributed by atoms with Crippen molar-refractivity contribution in [1.29, 1.82) is 0 Å². The lowest BCUT2D eigenvalue weighted by Gasteiger charge is -2.18. The summed E-state index contributed by atoms with van der Waals surface area (Å²) in [4.78, 5) is 18.2. The Bertz CT molecular complexity index is 1390. The average Bonchev–Trinajstić information content (AvgIpc) is 2.80. The summed E-state index contributed by atoms with van der Waals surface area (Å²) in [6.07, 6.45) is 1.54.